The van der Waals surface area contributed by atoms with Crippen molar-refractivity contribution in [3.05, 3.63) is 23.9 Å². The van der Waals surface area contributed by atoms with E-state index in [0.717, 1.165) is 25.1 Å². The Morgan fingerprint density at radius 3 is 2.75 bits per heavy atom. The van der Waals surface area contributed by atoms with E-state index in [1.807, 2.05) is 14.0 Å². The fourth-order valence-corrected chi connectivity index (χ4v) is 4.09. The second-order valence-corrected chi connectivity index (χ2v) is 7.13. The number of hydrogen-bond donors (Lipinski definition) is 1. The second kappa shape index (κ2) is 6.17. The third-order valence-electron chi connectivity index (χ3n) is 3.59. The standard InChI is InChI=1S/C13H22N4O2S/c1-11-10-16(2)6-3-7-17(11)20(18,19)13-5-4-12(8-14)9-15-13/h4-5,9,11H,3,6-8,10,14H2,1-2H3. The first-order chi connectivity index (χ1) is 9.45. The van der Waals surface area contributed by atoms with E-state index >= 15 is 0 Å². The van der Waals surface area contributed by atoms with E-state index in [-0.39, 0.29) is 11.1 Å². The van der Waals surface area contributed by atoms with Gasteiger partial charge in [-0.1, -0.05) is 6.07 Å². The lowest BCUT2D eigenvalue weighted by Crippen LogP contribution is -2.42. The summed E-state index contributed by atoms with van der Waals surface area (Å²) in [7, 11) is -1.51. The molecule has 2 rings (SSSR count). The molecule has 1 aliphatic heterocycles. The predicted octanol–water partition coefficient (Wildman–Crippen LogP) is 0.255. The SMILES string of the molecule is CC1CN(C)CCCN1S(=O)(=O)c1ccc(CN)cn1. The number of rotatable bonds is 3. The van der Waals surface area contributed by atoms with Gasteiger partial charge < -0.3 is 10.6 Å². The van der Waals surface area contributed by atoms with Crippen LogP contribution in [-0.4, -0.2) is 55.3 Å². The van der Waals surface area contributed by atoms with Gasteiger partial charge in [0.05, 0.1) is 0 Å². The molecule has 1 atom stereocenters. The second-order valence-electron chi connectivity index (χ2n) is 5.29. The highest BCUT2D eigenvalue weighted by Gasteiger charge is 2.32. The summed E-state index contributed by atoms with van der Waals surface area (Å²) in [5, 5.41) is 0.103. The van der Waals surface area contributed by atoms with Crippen molar-refractivity contribution in [1.29, 1.82) is 0 Å². The lowest BCUT2D eigenvalue weighted by molar-refractivity contribution is 0.290. The Morgan fingerprint density at radius 2 is 2.15 bits per heavy atom. The molecule has 1 aromatic rings. The summed E-state index contributed by atoms with van der Waals surface area (Å²) < 4.78 is 26.9. The zero-order valence-electron chi connectivity index (χ0n) is 12.0. The smallest absolute Gasteiger partial charge is 0.260 e. The first kappa shape index (κ1) is 15.4. The van der Waals surface area contributed by atoms with Crippen LogP contribution in [0.2, 0.25) is 0 Å². The molecule has 0 radical (unpaired) electrons. The Kier molecular flexibility index (Phi) is 4.74. The molecule has 1 unspecified atom stereocenters. The van der Waals surface area contributed by atoms with Crippen molar-refractivity contribution in [3.63, 3.8) is 0 Å². The molecule has 0 bridgehead atoms. The first-order valence-corrected chi connectivity index (χ1v) is 8.24. The molecule has 7 heteroatoms. The minimum Gasteiger partial charge on any atom is -0.326 e. The fourth-order valence-electron chi connectivity index (χ4n) is 2.51. The summed E-state index contributed by atoms with van der Waals surface area (Å²) in [6, 6.07) is 3.20. The van der Waals surface area contributed by atoms with Crippen molar-refractivity contribution in [1.82, 2.24) is 14.2 Å². The highest BCUT2D eigenvalue weighted by atomic mass is 32.2. The average Bonchev–Trinajstić information content (AvgIpc) is 2.59. The summed E-state index contributed by atoms with van der Waals surface area (Å²) in [5.41, 5.74) is 6.33. The molecule has 0 aromatic carbocycles. The van der Waals surface area contributed by atoms with Crippen LogP contribution >= 0.6 is 0 Å². The normalized spacial score (nSPS) is 22.6. The Morgan fingerprint density at radius 1 is 1.40 bits per heavy atom. The van der Waals surface area contributed by atoms with Gasteiger partial charge in [0.15, 0.2) is 5.03 Å². The van der Waals surface area contributed by atoms with Crippen LogP contribution in [0.25, 0.3) is 0 Å². The Balaban J connectivity index is 2.28. The summed E-state index contributed by atoms with van der Waals surface area (Å²) in [6.07, 6.45) is 2.36. The predicted molar refractivity (Wildman–Crippen MR) is 77.6 cm³/mol. The van der Waals surface area contributed by atoms with Gasteiger partial charge in [-0.2, -0.15) is 4.31 Å². The van der Waals surface area contributed by atoms with Crippen molar-refractivity contribution in [2.24, 2.45) is 5.73 Å². The van der Waals surface area contributed by atoms with Crippen LogP contribution < -0.4 is 5.73 Å². The van der Waals surface area contributed by atoms with Crippen LogP contribution in [0.4, 0.5) is 0 Å². The van der Waals surface area contributed by atoms with Crippen molar-refractivity contribution in [3.8, 4) is 0 Å². The molecular formula is C13H22N4O2S. The Bertz CT molecular complexity index is 544. The van der Waals surface area contributed by atoms with Crippen molar-refractivity contribution >= 4 is 10.0 Å². The maximum atomic E-state index is 12.7. The number of pyridine rings is 1. The van der Waals surface area contributed by atoms with Crippen LogP contribution in [0.5, 0.6) is 0 Å². The molecule has 0 spiro atoms. The van der Waals surface area contributed by atoms with Gasteiger partial charge in [-0.3, -0.25) is 0 Å². The summed E-state index contributed by atoms with van der Waals surface area (Å²) >= 11 is 0. The minimum absolute atomic E-state index is 0.0523. The quantitative estimate of drug-likeness (QED) is 0.865. The number of sulfonamides is 1. The molecule has 1 saturated heterocycles. The molecule has 20 heavy (non-hydrogen) atoms. The zero-order chi connectivity index (χ0) is 14.8. The van der Waals surface area contributed by atoms with E-state index in [4.69, 9.17) is 5.73 Å². The molecule has 0 amide bonds. The van der Waals surface area contributed by atoms with E-state index in [9.17, 15) is 8.42 Å². The topological polar surface area (TPSA) is 79.5 Å². The van der Waals surface area contributed by atoms with Gasteiger partial charge >= 0.3 is 0 Å². The zero-order valence-corrected chi connectivity index (χ0v) is 12.8. The summed E-state index contributed by atoms with van der Waals surface area (Å²) in [5.74, 6) is 0. The maximum absolute atomic E-state index is 12.7. The van der Waals surface area contributed by atoms with Gasteiger partial charge in [-0.15, -0.1) is 0 Å². The van der Waals surface area contributed by atoms with E-state index in [0.29, 0.717) is 13.1 Å². The van der Waals surface area contributed by atoms with Gasteiger partial charge in [-0.25, -0.2) is 13.4 Å². The largest absolute Gasteiger partial charge is 0.326 e. The van der Waals surface area contributed by atoms with Crippen molar-refractivity contribution in [2.45, 2.75) is 31.0 Å². The number of hydrogen-bond acceptors (Lipinski definition) is 5. The lowest BCUT2D eigenvalue weighted by atomic mass is 10.3. The molecule has 1 aliphatic rings. The first-order valence-electron chi connectivity index (χ1n) is 6.80. The molecule has 112 valence electrons. The fraction of sp³-hybridized carbons (Fsp3) is 0.615. The molecule has 2 N–H and O–H groups in total. The van der Waals surface area contributed by atoms with Gasteiger partial charge in [0.25, 0.3) is 10.0 Å². The number of nitrogens with two attached hydrogens (primary N) is 1. The molecule has 1 fully saturated rings. The van der Waals surface area contributed by atoms with Crippen LogP contribution in [-0.2, 0) is 16.6 Å². The maximum Gasteiger partial charge on any atom is 0.260 e. The van der Waals surface area contributed by atoms with Gasteiger partial charge in [-0.05, 0) is 38.6 Å². The monoisotopic (exact) mass is 298 g/mol. The molecule has 1 aromatic heterocycles. The third-order valence-corrected chi connectivity index (χ3v) is 5.52. The molecule has 2 heterocycles. The number of aromatic nitrogens is 1. The van der Waals surface area contributed by atoms with Gasteiger partial charge in [0.2, 0.25) is 0 Å². The van der Waals surface area contributed by atoms with Crippen LogP contribution in [0.1, 0.15) is 18.9 Å². The Hall–Kier alpha value is -1.02. The van der Waals surface area contributed by atoms with Crippen molar-refractivity contribution < 1.29 is 8.42 Å². The van der Waals surface area contributed by atoms with Crippen LogP contribution in [0.3, 0.4) is 0 Å². The lowest BCUT2D eigenvalue weighted by Gasteiger charge is -2.26. The molecular weight excluding hydrogens is 276 g/mol. The van der Waals surface area contributed by atoms with E-state index in [2.05, 4.69) is 9.88 Å². The van der Waals surface area contributed by atoms with Gasteiger partial charge in [0, 0.05) is 31.9 Å². The summed E-state index contributed by atoms with van der Waals surface area (Å²) in [4.78, 5) is 6.22. The highest BCUT2D eigenvalue weighted by Crippen LogP contribution is 2.19. The minimum atomic E-state index is -3.53. The van der Waals surface area contributed by atoms with E-state index < -0.39 is 10.0 Å². The van der Waals surface area contributed by atoms with Gasteiger partial charge in [0.1, 0.15) is 0 Å². The van der Waals surface area contributed by atoms with E-state index in [1.165, 1.54) is 6.20 Å². The van der Waals surface area contributed by atoms with Crippen molar-refractivity contribution in [2.75, 3.05) is 26.7 Å². The highest BCUT2D eigenvalue weighted by molar-refractivity contribution is 7.89. The molecule has 6 nitrogen and oxygen atoms in total. The van der Waals surface area contributed by atoms with E-state index in [1.54, 1.807) is 16.4 Å². The Labute approximate surface area is 120 Å². The molecule has 0 aliphatic carbocycles. The van der Waals surface area contributed by atoms with Crippen LogP contribution in [0, 0.1) is 0 Å². The molecule has 0 saturated carbocycles. The number of likely N-dealkylation sites (N-methyl/N-ethyl adjacent to an activating group) is 1. The van der Waals surface area contributed by atoms with Crippen LogP contribution in [0.15, 0.2) is 23.4 Å². The summed E-state index contributed by atoms with van der Waals surface area (Å²) in [6.45, 7) is 4.48. The number of nitrogens with zero attached hydrogens (tertiary/aromatic N) is 3. The average molecular weight is 298 g/mol. The third kappa shape index (κ3) is 3.17.